The lowest BCUT2D eigenvalue weighted by atomic mass is 9.85. The van der Waals surface area contributed by atoms with Crippen LogP contribution in [-0.2, 0) is 0 Å². The first-order chi connectivity index (χ1) is 7.58. The highest BCUT2D eigenvalue weighted by atomic mass is 16.3. The van der Waals surface area contributed by atoms with E-state index in [2.05, 4.69) is 25.7 Å². The molecule has 0 aromatic rings. The van der Waals surface area contributed by atoms with Gasteiger partial charge in [0.05, 0.1) is 6.10 Å². The van der Waals surface area contributed by atoms with Gasteiger partial charge in [0.25, 0.3) is 0 Å². The molecule has 1 heterocycles. The lowest BCUT2D eigenvalue weighted by Crippen LogP contribution is -2.48. The van der Waals surface area contributed by atoms with Crippen molar-refractivity contribution in [3.8, 4) is 0 Å². The summed E-state index contributed by atoms with van der Waals surface area (Å²) in [7, 11) is 0. The Morgan fingerprint density at radius 2 is 1.94 bits per heavy atom. The number of hydrogen-bond acceptors (Lipinski definition) is 2. The number of aliphatic hydroxyl groups is 1. The third-order valence-corrected chi connectivity index (χ3v) is 4.81. The van der Waals surface area contributed by atoms with Crippen molar-refractivity contribution in [3.05, 3.63) is 0 Å². The molecule has 94 valence electrons. The van der Waals surface area contributed by atoms with Crippen molar-refractivity contribution in [2.75, 3.05) is 13.1 Å². The minimum Gasteiger partial charge on any atom is -0.393 e. The van der Waals surface area contributed by atoms with Crippen molar-refractivity contribution in [1.82, 2.24) is 4.90 Å². The van der Waals surface area contributed by atoms with Crippen molar-refractivity contribution in [1.29, 1.82) is 0 Å². The van der Waals surface area contributed by atoms with Gasteiger partial charge in [-0.15, -0.1) is 0 Å². The zero-order chi connectivity index (χ0) is 11.7. The highest BCUT2D eigenvalue weighted by Gasteiger charge is 2.33. The second-order valence-electron chi connectivity index (χ2n) is 6.27. The molecule has 1 N–H and O–H groups in total. The van der Waals surface area contributed by atoms with E-state index >= 15 is 0 Å². The first-order valence-electron chi connectivity index (χ1n) is 7.00. The van der Waals surface area contributed by atoms with Gasteiger partial charge in [0.2, 0.25) is 0 Å². The van der Waals surface area contributed by atoms with Gasteiger partial charge in [0.1, 0.15) is 0 Å². The van der Waals surface area contributed by atoms with Gasteiger partial charge in [-0.2, -0.15) is 0 Å². The zero-order valence-electron chi connectivity index (χ0n) is 11.0. The predicted octanol–water partition coefficient (Wildman–Crippen LogP) is 2.51. The molecule has 0 bridgehead atoms. The van der Waals surface area contributed by atoms with Crippen molar-refractivity contribution in [3.63, 3.8) is 0 Å². The molecule has 16 heavy (non-hydrogen) atoms. The third-order valence-electron chi connectivity index (χ3n) is 4.81. The Balaban J connectivity index is 1.92. The van der Waals surface area contributed by atoms with E-state index in [9.17, 15) is 5.11 Å². The average Bonchev–Trinajstić information content (AvgIpc) is 2.60. The van der Waals surface area contributed by atoms with Crippen LogP contribution in [0.5, 0.6) is 0 Å². The van der Waals surface area contributed by atoms with E-state index in [1.54, 1.807) is 0 Å². The topological polar surface area (TPSA) is 23.5 Å². The van der Waals surface area contributed by atoms with Gasteiger partial charge in [-0.3, -0.25) is 4.90 Å². The molecular formula is C14H27NO. The van der Waals surface area contributed by atoms with Gasteiger partial charge >= 0.3 is 0 Å². The average molecular weight is 225 g/mol. The lowest BCUT2D eigenvalue weighted by Gasteiger charge is -2.42. The number of likely N-dealkylation sites (tertiary alicyclic amines) is 1. The van der Waals surface area contributed by atoms with Crippen LogP contribution in [0.15, 0.2) is 0 Å². The van der Waals surface area contributed by atoms with Crippen molar-refractivity contribution in [2.24, 2.45) is 17.8 Å². The normalized spacial score (nSPS) is 46.1. The Kier molecular flexibility index (Phi) is 3.91. The summed E-state index contributed by atoms with van der Waals surface area (Å²) in [6.45, 7) is 9.45. The molecule has 2 fully saturated rings. The number of piperidine rings is 1. The maximum Gasteiger partial charge on any atom is 0.0580 e. The minimum absolute atomic E-state index is 0.0280. The molecule has 0 aromatic heterocycles. The largest absolute Gasteiger partial charge is 0.393 e. The fraction of sp³-hybridized carbons (Fsp3) is 1.00. The van der Waals surface area contributed by atoms with Gasteiger partial charge in [-0.05, 0) is 43.9 Å². The molecule has 1 saturated heterocycles. The molecule has 0 aromatic carbocycles. The molecule has 2 heteroatoms. The van der Waals surface area contributed by atoms with Crippen LogP contribution < -0.4 is 0 Å². The van der Waals surface area contributed by atoms with Crippen LogP contribution in [0.25, 0.3) is 0 Å². The smallest absolute Gasteiger partial charge is 0.0580 e. The molecule has 2 rings (SSSR count). The van der Waals surface area contributed by atoms with Crippen molar-refractivity contribution < 1.29 is 5.11 Å². The van der Waals surface area contributed by atoms with Crippen LogP contribution in [0.1, 0.15) is 46.5 Å². The van der Waals surface area contributed by atoms with Crippen LogP contribution in [0.4, 0.5) is 0 Å². The van der Waals surface area contributed by atoms with E-state index in [1.807, 2.05) is 0 Å². The minimum atomic E-state index is -0.0280. The van der Waals surface area contributed by atoms with E-state index in [4.69, 9.17) is 0 Å². The van der Waals surface area contributed by atoms with Gasteiger partial charge in [-0.25, -0.2) is 0 Å². The highest BCUT2D eigenvalue weighted by molar-refractivity contribution is 4.86. The molecule has 5 atom stereocenters. The van der Waals surface area contributed by atoms with E-state index in [-0.39, 0.29) is 6.10 Å². The Bertz CT molecular complexity index is 231. The van der Waals surface area contributed by atoms with Crippen LogP contribution in [-0.4, -0.2) is 35.2 Å². The van der Waals surface area contributed by atoms with E-state index in [0.717, 1.165) is 24.8 Å². The first kappa shape index (κ1) is 12.4. The second-order valence-corrected chi connectivity index (χ2v) is 6.27. The molecule has 0 radical (unpaired) electrons. The van der Waals surface area contributed by atoms with Crippen molar-refractivity contribution >= 4 is 0 Å². The van der Waals surface area contributed by atoms with Gasteiger partial charge in [-0.1, -0.05) is 20.3 Å². The summed E-state index contributed by atoms with van der Waals surface area (Å²) in [6.07, 6.45) is 4.81. The molecule has 0 amide bonds. The fourth-order valence-electron chi connectivity index (χ4n) is 3.60. The highest BCUT2D eigenvalue weighted by Crippen LogP contribution is 2.31. The maximum absolute atomic E-state index is 9.91. The summed E-state index contributed by atoms with van der Waals surface area (Å²) in [5.41, 5.74) is 0. The fourth-order valence-corrected chi connectivity index (χ4v) is 3.60. The van der Waals surface area contributed by atoms with Gasteiger partial charge < -0.3 is 5.11 Å². The quantitative estimate of drug-likeness (QED) is 0.780. The van der Waals surface area contributed by atoms with Crippen LogP contribution in [0, 0.1) is 17.8 Å². The first-order valence-corrected chi connectivity index (χ1v) is 7.00. The molecule has 0 spiro atoms. The Morgan fingerprint density at radius 3 is 2.56 bits per heavy atom. The predicted molar refractivity (Wildman–Crippen MR) is 67.3 cm³/mol. The maximum atomic E-state index is 9.91. The number of aliphatic hydroxyl groups excluding tert-OH is 1. The molecule has 1 saturated carbocycles. The third kappa shape index (κ3) is 2.60. The molecular weight excluding hydrogens is 198 g/mol. The summed E-state index contributed by atoms with van der Waals surface area (Å²) >= 11 is 0. The molecule has 1 aliphatic carbocycles. The van der Waals surface area contributed by atoms with Gasteiger partial charge in [0.15, 0.2) is 0 Å². The van der Waals surface area contributed by atoms with Crippen molar-refractivity contribution in [2.45, 2.75) is 58.6 Å². The number of nitrogens with zero attached hydrogens (tertiary/aromatic N) is 1. The molecule has 1 aliphatic heterocycles. The van der Waals surface area contributed by atoms with E-state index in [1.165, 1.54) is 25.8 Å². The molecule has 2 nitrogen and oxygen atoms in total. The summed E-state index contributed by atoms with van der Waals surface area (Å²) < 4.78 is 0. The standard InChI is InChI=1S/C14H27NO/c1-10-7-11(2)12(3)15(8-10)9-13-5-4-6-14(13)16/h10-14,16H,4-9H2,1-3H3. The number of rotatable bonds is 2. The van der Waals surface area contributed by atoms with Gasteiger partial charge in [0, 0.05) is 19.1 Å². The van der Waals surface area contributed by atoms with Crippen LogP contribution >= 0.6 is 0 Å². The summed E-state index contributed by atoms with van der Waals surface area (Å²) in [5, 5.41) is 9.91. The van der Waals surface area contributed by atoms with E-state index < -0.39 is 0 Å². The summed E-state index contributed by atoms with van der Waals surface area (Å²) in [6, 6.07) is 0.698. The van der Waals surface area contributed by atoms with Crippen LogP contribution in [0.3, 0.4) is 0 Å². The summed E-state index contributed by atoms with van der Waals surface area (Å²) in [5.74, 6) is 2.17. The number of hydrogen-bond donors (Lipinski definition) is 1. The zero-order valence-corrected chi connectivity index (χ0v) is 11.0. The SMILES string of the molecule is CC1CC(C)C(C)N(CC2CCCC2O)C1. The van der Waals surface area contributed by atoms with E-state index in [0.29, 0.717) is 12.0 Å². The van der Waals surface area contributed by atoms with Crippen LogP contribution in [0.2, 0.25) is 0 Å². The Hall–Kier alpha value is -0.0800. The summed E-state index contributed by atoms with van der Waals surface area (Å²) in [4.78, 5) is 2.62. The Morgan fingerprint density at radius 1 is 1.19 bits per heavy atom. The lowest BCUT2D eigenvalue weighted by molar-refractivity contribution is 0.0373. The Labute approximate surface area is 100 Å². The molecule has 2 aliphatic rings. The monoisotopic (exact) mass is 225 g/mol. The second kappa shape index (κ2) is 5.05. The molecule has 5 unspecified atom stereocenters.